The van der Waals surface area contributed by atoms with Crippen LogP contribution in [0.5, 0.6) is 0 Å². The minimum atomic E-state index is -5.08. The van der Waals surface area contributed by atoms with Crippen molar-refractivity contribution >= 4 is 29.2 Å². The number of nitrogens with one attached hydrogen (secondary N) is 1. The van der Waals surface area contributed by atoms with Gasteiger partial charge in [0.25, 0.3) is 5.91 Å². The number of halogens is 4. The number of hydrogen-bond donors (Lipinski definition) is 3. The van der Waals surface area contributed by atoms with Gasteiger partial charge in [-0.1, -0.05) is 12.1 Å². The lowest BCUT2D eigenvalue weighted by atomic mass is 10.1. The van der Waals surface area contributed by atoms with E-state index in [9.17, 15) is 32.3 Å². The molecule has 3 N–H and O–H groups in total. The quantitative estimate of drug-likeness (QED) is 0.603. The molecule has 12 heteroatoms. The number of benzene rings is 2. The SMILES string of the molecule is O=C(O)C(F)(F)F.O=C(O)c1ccc(N2CCOCC2)c(NC(=O)c2ccccc2F)c1. The molecule has 172 valence electrons. The Balaban J connectivity index is 0.000000451. The van der Waals surface area contributed by atoms with Crippen LogP contribution in [0.3, 0.4) is 0 Å². The summed E-state index contributed by atoms with van der Waals surface area (Å²) in [6.45, 7) is 2.33. The highest BCUT2D eigenvalue weighted by molar-refractivity contribution is 6.07. The zero-order valence-corrected chi connectivity index (χ0v) is 16.4. The summed E-state index contributed by atoms with van der Waals surface area (Å²) >= 11 is 0. The Labute approximate surface area is 179 Å². The number of nitrogens with zero attached hydrogens (tertiary/aromatic N) is 1. The molecule has 0 saturated carbocycles. The monoisotopic (exact) mass is 458 g/mol. The summed E-state index contributed by atoms with van der Waals surface area (Å²) in [5.74, 6) is -5.13. The van der Waals surface area contributed by atoms with Gasteiger partial charge in [-0.25, -0.2) is 14.0 Å². The number of carbonyl (C=O) groups is 3. The van der Waals surface area contributed by atoms with Gasteiger partial charge >= 0.3 is 18.1 Å². The summed E-state index contributed by atoms with van der Waals surface area (Å²) in [4.78, 5) is 34.5. The fourth-order valence-electron chi connectivity index (χ4n) is 2.68. The topological polar surface area (TPSA) is 116 Å². The first-order chi connectivity index (χ1) is 15.0. The normalized spacial score (nSPS) is 13.6. The number of alkyl halides is 3. The third-order valence-corrected chi connectivity index (χ3v) is 4.20. The number of carboxylic acid groups (broad SMARTS) is 2. The molecule has 0 aromatic heterocycles. The van der Waals surface area contributed by atoms with Gasteiger partial charge in [0.2, 0.25) is 0 Å². The van der Waals surface area contributed by atoms with Gasteiger partial charge in [0.05, 0.1) is 35.7 Å². The van der Waals surface area contributed by atoms with Crippen LogP contribution in [0.25, 0.3) is 0 Å². The maximum atomic E-state index is 13.8. The maximum Gasteiger partial charge on any atom is 0.490 e. The van der Waals surface area contributed by atoms with Gasteiger partial charge in [-0.2, -0.15) is 13.2 Å². The fourth-order valence-corrected chi connectivity index (χ4v) is 2.68. The van der Waals surface area contributed by atoms with Crippen molar-refractivity contribution in [3.63, 3.8) is 0 Å². The van der Waals surface area contributed by atoms with E-state index in [4.69, 9.17) is 14.6 Å². The van der Waals surface area contributed by atoms with Gasteiger partial charge in [-0.05, 0) is 30.3 Å². The van der Waals surface area contributed by atoms with Crippen LogP contribution in [0.2, 0.25) is 0 Å². The van der Waals surface area contributed by atoms with E-state index in [0.29, 0.717) is 37.7 Å². The second-order valence-electron chi connectivity index (χ2n) is 6.37. The van der Waals surface area contributed by atoms with E-state index in [2.05, 4.69) is 5.32 Å². The van der Waals surface area contributed by atoms with Crippen molar-refractivity contribution < 1.29 is 46.9 Å². The minimum absolute atomic E-state index is 0.0424. The number of amides is 1. The lowest BCUT2D eigenvalue weighted by Crippen LogP contribution is -2.36. The van der Waals surface area contributed by atoms with E-state index in [1.54, 1.807) is 12.1 Å². The average Bonchev–Trinajstić information content (AvgIpc) is 2.74. The van der Waals surface area contributed by atoms with Crippen LogP contribution in [0, 0.1) is 5.82 Å². The molecule has 0 atom stereocenters. The van der Waals surface area contributed by atoms with Crippen LogP contribution in [0.4, 0.5) is 28.9 Å². The van der Waals surface area contributed by atoms with Crippen LogP contribution >= 0.6 is 0 Å². The molecule has 1 aliphatic rings. The predicted octanol–water partition coefficient (Wildman–Crippen LogP) is 3.25. The second-order valence-corrected chi connectivity index (χ2v) is 6.37. The Morgan fingerprint density at radius 1 is 1.00 bits per heavy atom. The summed E-state index contributed by atoms with van der Waals surface area (Å²) in [6, 6.07) is 10.1. The predicted molar refractivity (Wildman–Crippen MR) is 104 cm³/mol. The third kappa shape index (κ3) is 6.67. The number of rotatable bonds is 4. The molecule has 1 aliphatic heterocycles. The molecule has 0 radical (unpaired) electrons. The zero-order valence-electron chi connectivity index (χ0n) is 16.4. The Hall–Kier alpha value is -3.67. The molecule has 2 aromatic rings. The van der Waals surface area contributed by atoms with E-state index in [-0.39, 0.29) is 11.1 Å². The van der Waals surface area contributed by atoms with Gasteiger partial charge in [-0.15, -0.1) is 0 Å². The van der Waals surface area contributed by atoms with Crippen LogP contribution < -0.4 is 10.2 Å². The van der Waals surface area contributed by atoms with Crippen molar-refractivity contribution in [2.75, 3.05) is 36.5 Å². The molecule has 1 saturated heterocycles. The van der Waals surface area contributed by atoms with Crippen molar-refractivity contribution in [1.29, 1.82) is 0 Å². The number of carbonyl (C=O) groups excluding carboxylic acids is 1. The first-order valence-electron chi connectivity index (χ1n) is 9.06. The number of ether oxygens (including phenoxy) is 1. The summed E-state index contributed by atoms with van der Waals surface area (Å²) < 4.78 is 50.9. The Morgan fingerprint density at radius 2 is 1.59 bits per heavy atom. The molecule has 8 nitrogen and oxygen atoms in total. The number of hydrogen-bond acceptors (Lipinski definition) is 5. The molecule has 1 amide bonds. The van der Waals surface area contributed by atoms with E-state index < -0.39 is 29.8 Å². The first-order valence-corrected chi connectivity index (χ1v) is 9.06. The number of morpholine rings is 1. The molecule has 1 fully saturated rings. The van der Waals surface area contributed by atoms with E-state index in [1.807, 2.05) is 4.90 Å². The highest BCUT2D eigenvalue weighted by atomic mass is 19.4. The molecule has 32 heavy (non-hydrogen) atoms. The number of aliphatic carboxylic acids is 1. The van der Waals surface area contributed by atoms with E-state index in [1.165, 1.54) is 30.3 Å². The summed E-state index contributed by atoms with van der Waals surface area (Å²) in [7, 11) is 0. The summed E-state index contributed by atoms with van der Waals surface area (Å²) in [5.41, 5.74) is 0.949. The van der Waals surface area contributed by atoms with Crippen molar-refractivity contribution in [2.45, 2.75) is 6.18 Å². The Bertz CT molecular complexity index is 990. The van der Waals surface area contributed by atoms with Gasteiger partial charge < -0.3 is 25.2 Å². The minimum Gasteiger partial charge on any atom is -0.478 e. The summed E-state index contributed by atoms with van der Waals surface area (Å²) in [6.07, 6.45) is -5.08. The van der Waals surface area contributed by atoms with Crippen LogP contribution in [-0.2, 0) is 9.53 Å². The van der Waals surface area contributed by atoms with Gasteiger partial charge in [0.15, 0.2) is 0 Å². The third-order valence-electron chi connectivity index (χ3n) is 4.20. The standard InChI is InChI=1S/C18H17FN2O4.C2HF3O2/c19-14-4-2-1-3-13(14)17(22)20-15-11-12(18(23)24)5-6-16(15)21-7-9-25-10-8-21;3-2(4,5)1(6)7/h1-6,11H,7-10H2,(H,20,22)(H,23,24);(H,6,7). The molecule has 2 aromatic carbocycles. The smallest absolute Gasteiger partial charge is 0.478 e. The van der Waals surface area contributed by atoms with Crippen molar-refractivity contribution in [1.82, 2.24) is 0 Å². The van der Waals surface area contributed by atoms with Crippen molar-refractivity contribution in [3.05, 3.63) is 59.4 Å². The molecule has 0 aliphatic carbocycles. The Morgan fingerprint density at radius 3 is 2.12 bits per heavy atom. The molecule has 0 unspecified atom stereocenters. The lowest BCUT2D eigenvalue weighted by molar-refractivity contribution is -0.192. The van der Waals surface area contributed by atoms with Crippen LogP contribution in [-0.4, -0.2) is 60.5 Å². The number of aromatic carboxylic acids is 1. The highest BCUT2D eigenvalue weighted by Crippen LogP contribution is 2.29. The number of anilines is 2. The fraction of sp³-hybridized carbons (Fsp3) is 0.250. The Kier molecular flexibility index (Phi) is 8.13. The van der Waals surface area contributed by atoms with E-state index in [0.717, 1.165) is 0 Å². The summed E-state index contributed by atoms with van der Waals surface area (Å²) in [5, 5.41) is 19.0. The molecule has 3 rings (SSSR count). The largest absolute Gasteiger partial charge is 0.490 e. The van der Waals surface area contributed by atoms with Gasteiger partial charge in [-0.3, -0.25) is 4.79 Å². The van der Waals surface area contributed by atoms with Gasteiger partial charge in [0.1, 0.15) is 5.82 Å². The second kappa shape index (κ2) is 10.6. The molecule has 0 bridgehead atoms. The molecular weight excluding hydrogens is 440 g/mol. The van der Waals surface area contributed by atoms with Crippen LogP contribution in [0.15, 0.2) is 42.5 Å². The zero-order chi connectivity index (χ0) is 23.9. The van der Waals surface area contributed by atoms with Gasteiger partial charge in [0, 0.05) is 13.1 Å². The number of carboxylic acids is 2. The molecule has 0 spiro atoms. The lowest BCUT2D eigenvalue weighted by Gasteiger charge is -2.30. The maximum absolute atomic E-state index is 13.8. The highest BCUT2D eigenvalue weighted by Gasteiger charge is 2.38. The van der Waals surface area contributed by atoms with Crippen LogP contribution in [0.1, 0.15) is 20.7 Å². The molecular formula is C20H18F4N2O6. The average molecular weight is 458 g/mol. The first kappa shape index (κ1) is 24.6. The van der Waals surface area contributed by atoms with E-state index >= 15 is 0 Å². The van der Waals surface area contributed by atoms with Crippen molar-refractivity contribution in [2.24, 2.45) is 0 Å². The molecule has 1 heterocycles. The van der Waals surface area contributed by atoms with Crippen molar-refractivity contribution in [3.8, 4) is 0 Å².